The number of nitrogens with zero attached hydrogens (tertiary/aromatic N) is 1. The lowest BCUT2D eigenvalue weighted by Crippen LogP contribution is -2.20. The first-order valence-corrected chi connectivity index (χ1v) is 6.75. The average molecular weight is 232 g/mol. The summed E-state index contributed by atoms with van der Waals surface area (Å²) in [5.74, 6) is 1.38. The van der Waals surface area contributed by atoms with E-state index in [2.05, 4.69) is 42.8 Å². The molecule has 0 aromatic heterocycles. The highest BCUT2D eigenvalue weighted by Crippen LogP contribution is 2.36. The Kier molecular flexibility index (Phi) is 3.93. The molecule has 2 aliphatic rings. The second-order valence-corrected chi connectivity index (χ2v) is 5.36. The molecule has 0 amide bonds. The third-order valence-corrected chi connectivity index (χ3v) is 3.85. The van der Waals surface area contributed by atoms with Crippen LogP contribution in [0.4, 0.5) is 0 Å². The molecular formula is C15H24N2. The maximum atomic E-state index is 4.31. The van der Waals surface area contributed by atoms with Gasteiger partial charge in [-0.15, -0.1) is 0 Å². The van der Waals surface area contributed by atoms with Gasteiger partial charge in [-0.2, -0.15) is 0 Å². The quantitative estimate of drug-likeness (QED) is 0.786. The van der Waals surface area contributed by atoms with Crippen LogP contribution in [-0.2, 0) is 0 Å². The van der Waals surface area contributed by atoms with E-state index in [4.69, 9.17) is 0 Å². The van der Waals surface area contributed by atoms with Gasteiger partial charge in [0.15, 0.2) is 0 Å². The van der Waals surface area contributed by atoms with E-state index in [-0.39, 0.29) is 0 Å². The molecule has 2 nitrogen and oxygen atoms in total. The van der Waals surface area contributed by atoms with E-state index in [9.17, 15) is 0 Å². The van der Waals surface area contributed by atoms with Crippen molar-refractivity contribution in [3.63, 3.8) is 0 Å². The normalized spacial score (nSPS) is 30.5. The van der Waals surface area contributed by atoms with Gasteiger partial charge in [-0.05, 0) is 43.5 Å². The molecule has 1 saturated heterocycles. The van der Waals surface area contributed by atoms with Crippen LogP contribution in [0.25, 0.3) is 0 Å². The summed E-state index contributed by atoms with van der Waals surface area (Å²) in [6, 6.07) is 0. The molecular weight excluding hydrogens is 208 g/mol. The van der Waals surface area contributed by atoms with Gasteiger partial charge in [0.1, 0.15) is 0 Å². The predicted molar refractivity (Wildman–Crippen MR) is 73.3 cm³/mol. The van der Waals surface area contributed by atoms with E-state index in [0.717, 1.165) is 19.5 Å². The van der Waals surface area contributed by atoms with Gasteiger partial charge in [0.05, 0.1) is 0 Å². The molecule has 94 valence electrons. The number of likely N-dealkylation sites (tertiary alicyclic amines) is 1. The third-order valence-electron chi connectivity index (χ3n) is 3.85. The van der Waals surface area contributed by atoms with Crippen LogP contribution < -0.4 is 5.32 Å². The molecule has 1 unspecified atom stereocenters. The van der Waals surface area contributed by atoms with Crippen LogP contribution in [-0.4, -0.2) is 18.0 Å². The maximum absolute atomic E-state index is 4.31. The lowest BCUT2D eigenvalue weighted by atomic mass is 9.93. The largest absolute Gasteiger partial charge is 0.391 e. The summed E-state index contributed by atoms with van der Waals surface area (Å²) in [6.07, 6.45) is 10.0. The molecule has 0 bridgehead atoms. The third kappa shape index (κ3) is 2.74. The summed E-state index contributed by atoms with van der Waals surface area (Å²) in [6.45, 7) is 11.1. The average Bonchev–Trinajstić information content (AvgIpc) is 2.60. The van der Waals surface area contributed by atoms with Crippen LogP contribution in [0.1, 0.15) is 33.1 Å². The maximum Gasteiger partial charge on any atom is 0.0231 e. The number of allylic oxidation sites excluding steroid dienone is 4. The Hall–Kier alpha value is -1.18. The van der Waals surface area contributed by atoms with Crippen LogP contribution in [0.5, 0.6) is 0 Å². The Bertz CT molecular complexity index is 339. The predicted octanol–water partition coefficient (Wildman–Crippen LogP) is 3.26. The summed E-state index contributed by atoms with van der Waals surface area (Å²) in [7, 11) is 0. The Morgan fingerprint density at radius 1 is 1.47 bits per heavy atom. The van der Waals surface area contributed by atoms with E-state index in [1.54, 1.807) is 0 Å². The van der Waals surface area contributed by atoms with Gasteiger partial charge in [-0.25, -0.2) is 0 Å². The van der Waals surface area contributed by atoms with Gasteiger partial charge >= 0.3 is 0 Å². The molecule has 17 heavy (non-hydrogen) atoms. The zero-order valence-electron chi connectivity index (χ0n) is 11.1. The standard InChI is InChI=1S/C15H24N2/c1-12(2)15-8-11-17(13(15)3)14-6-4-9-16-10-5-7-14/h4,6,9,12,15-16H,3,5,7-8,10-11H2,1-2H3/b9-4-,14-6+. The SMILES string of the molecule is C=C1C(C(C)C)CCN1/C1=C/C=C\NCCC1. The minimum absolute atomic E-state index is 0.670. The second kappa shape index (κ2) is 5.44. The molecule has 0 saturated carbocycles. The number of hydrogen-bond donors (Lipinski definition) is 1. The van der Waals surface area contributed by atoms with Crippen molar-refractivity contribution < 1.29 is 0 Å². The van der Waals surface area contributed by atoms with Gasteiger partial charge < -0.3 is 10.2 Å². The molecule has 2 rings (SSSR count). The van der Waals surface area contributed by atoms with Gasteiger partial charge in [-0.3, -0.25) is 0 Å². The molecule has 0 aromatic rings. The van der Waals surface area contributed by atoms with Crippen molar-refractivity contribution in [1.29, 1.82) is 0 Å². The highest BCUT2D eigenvalue weighted by molar-refractivity contribution is 5.21. The van der Waals surface area contributed by atoms with Crippen molar-refractivity contribution in [3.8, 4) is 0 Å². The van der Waals surface area contributed by atoms with E-state index >= 15 is 0 Å². The van der Waals surface area contributed by atoms with Crippen LogP contribution in [0.15, 0.2) is 36.3 Å². The minimum Gasteiger partial charge on any atom is -0.391 e. The first-order chi connectivity index (χ1) is 8.20. The summed E-state index contributed by atoms with van der Waals surface area (Å²) >= 11 is 0. The molecule has 1 fully saturated rings. The molecule has 2 heterocycles. The van der Waals surface area contributed by atoms with Gasteiger partial charge in [-0.1, -0.05) is 20.4 Å². The smallest absolute Gasteiger partial charge is 0.0231 e. The number of hydrogen-bond acceptors (Lipinski definition) is 2. The summed E-state index contributed by atoms with van der Waals surface area (Å²) in [5, 5.41) is 3.27. The first-order valence-electron chi connectivity index (χ1n) is 6.75. The van der Waals surface area contributed by atoms with Crippen molar-refractivity contribution in [2.75, 3.05) is 13.1 Å². The summed E-state index contributed by atoms with van der Waals surface area (Å²) < 4.78 is 0. The Balaban J connectivity index is 2.09. The zero-order chi connectivity index (χ0) is 12.3. The molecule has 0 aromatic carbocycles. The fourth-order valence-electron chi connectivity index (χ4n) is 2.82. The number of nitrogens with one attached hydrogen (secondary N) is 1. The highest BCUT2D eigenvalue weighted by atomic mass is 15.2. The molecule has 2 aliphatic heterocycles. The summed E-state index contributed by atoms with van der Waals surface area (Å²) in [4.78, 5) is 2.44. The highest BCUT2D eigenvalue weighted by Gasteiger charge is 2.29. The van der Waals surface area contributed by atoms with Crippen LogP contribution >= 0.6 is 0 Å². The van der Waals surface area contributed by atoms with Crippen molar-refractivity contribution in [2.24, 2.45) is 11.8 Å². The van der Waals surface area contributed by atoms with E-state index in [1.165, 1.54) is 24.2 Å². The van der Waals surface area contributed by atoms with Crippen molar-refractivity contribution in [1.82, 2.24) is 10.2 Å². The molecule has 0 radical (unpaired) electrons. The van der Waals surface area contributed by atoms with Crippen molar-refractivity contribution in [2.45, 2.75) is 33.1 Å². The summed E-state index contributed by atoms with van der Waals surface area (Å²) in [5.41, 5.74) is 2.77. The topological polar surface area (TPSA) is 15.3 Å². The first kappa shape index (κ1) is 12.3. The van der Waals surface area contributed by atoms with Gasteiger partial charge in [0.25, 0.3) is 0 Å². The van der Waals surface area contributed by atoms with Crippen LogP contribution in [0.2, 0.25) is 0 Å². The van der Waals surface area contributed by atoms with Crippen molar-refractivity contribution in [3.05, 3.63) is 36.3 Å². The molecule has 0 aliphatic carbocycles. The fourth-order valence-corrected chi connectivity index (χ4v) is 2.82. The van der Waals surface area contributed by atoms with Crippen molar-refractivity contribution >= 4 is 0 Å². The lowest BCUT2D eigenvalue weighted by Gasteiger charge is -2.26. The second-order valence-electron chi connectivity index (χ2n) is 5.36. The molecule has 1 N–H and O–H groups in total. The minimum atomic E-state index is 0.670. The number of rotatable bonds is 2. The van der Waals surface area contributed by atoms with E-state index < -0.39 is 0 Å². The molecule has 1 atom stereocenters. The van der Waals surface area contributed by atoms with Crippen LogP contribution in [0.3, 0.4) is 0 Å². The van der Waals surface area contributed by atoms with E-state index in [0.29, 0.717) is 11.8 Å². The zero-order valence-corrected chi connectivity index (χ0v) is 11.1. The molecule has 0 spiro atoms. The Morgan fingerprint density at radius 3 is 3.00 bits per heavy atom. The monoisotopic (exact) mass is 232 g/mol. The molecule has 2 heteroatoms. The van der Waals surface area contributed by atoms with E-state index in [1.807, 2.05) is 6.20 Å². The Labute approximate surface area is 105 Å². The fraction of sp³-hybridized carbons (Fsp3) is 0.600. The van der Waals surface area contributed by atoms with Gasteiger partial charge in [0, 0.05) is 30.4 Å². The van der Waals surface area contributed by atoms with Gasteiger partial charge in [0.2, 0.25) is 0 Å². The Morgan fingerprint density at radius 2 is 2.29 bits per heavy atom. The lowest BCUT2D eigenvalue weighted by molar-refractivity contribution is 0.428. The van der Waals surface area contributed by atoms with Crippen LogP contribution in [0, 0.1) is 11.8 Å².